The number of carbonyl (C=O) groups excluding carboxylic acids is 1. The molecule has 0 aliphatic rings. The van der Waals surface area contributed by atoms with E-state index < -0.39 is 0 Å². The van der Waals surface area contributed by atoms with E-state index in [1.807, 2.05) is 56.3 Å². The van der Waals surface area contributed by atoms with Gasteiger partial charge < -0.3 is 5.32 Å². The van der Waals surface area contributed by atoms with Gasteiger partial charge in [0.25, 0.3) is 0 Å². The minimum absolute atomic E-state index is 0.110. The summed E-state index contributed by atoms with van der Waals surface area (Å²) < 4.78 is 1.16. The Balaban J connectivity index is 1.90. The number of aromatic nitrogens is 1. The van der Waals surface area contributed by atoms with Crippen LogP contribution in [0.25, 0.3) is 20.8 Å². The summed E-state index contributed by atoms with van der Waals surface area (Å²) in [5, 5.41) is 3.84. The van der Waals surface area contributed by atoms with E-state index in [9.17, 15) is 4.79 Å². The lowest BCUT2D eigenvalue weighted by molar-refractivity contribution is -0.111. The molecule has 0 radical (unpaired) electrons. The number of nitrogens with one attached hydrogen (secondary N) is 1. The Morgan fingerprint density at radius 1 is 1.14 bits per heavy atom. The lowest BCUT2D eigenvalue weighted by Crippen LogP contribution is -2.08. The Labute approximate surface area is 133 Å². The average Bonchev–Trinajstić information content (AvgIpc) is 2.90. The van der Waals surface area contributed by atoms with Crippen molar-refractivity contribution >= 4 is 33.1 Å². The van der Waals surface area contributed by atoms with Gasteiger partial charge in [0, 0.05) is 17.3 Å². The van der Waals surface area contributed by atoms with Crippen LogP contribution in [-0.4, -0.2) is 10.9 Å². The largest absolute Gasteiger partial charge is 0.322 e. The number of anilines is 1. The summed E-state index contributed by atoms with van der Waals surface area (Å²) in [4.78, 5) is 16.5. The van der Waals surface area contributed by atoms with Gasteiger partial charge in [-0.3, -0.25) is 4.79 Å². The summed E-state index contributed by atoms with van der Waals surface area (Å²) >= 11 is 1.65. The molecule has 22 heavy (non-hydrogen) atoms. The van der Waals surface area contributed by atoms with Crippen molar-refractivity contribution in [1.82, 2.24) is 4.98 Å². The van der Waals surface area contributed by atoms with E-state index in [1.54, 1.807) is 17.4 Å². The molecular weight excluding hydrogens is 292 g/mol. The predicted molar refractivity (Wildman–Crippen MR) is 93.1 cm³/mol. The zero-order chi connectivity index (χ0) is 15.5. The van der Waals surface area contributed by atoms with E-state index >= 15 is 0 Å². The second kappa shape index (κ2) is 6.12. The minimum atomic E-state index is -0.110. The van der Waals surface area contributed by atoms with Crippen molar-refractivity contribution in [2.45, 2.75) is 13.8 Å². The fourth-order valence-corrected chi connectivity index (χ4v) is 3.13. The number of nitrogens with zero attached hydrogens (tertiary/aromatic N) is 1. The molecule has 0 saturated carbocycles. The highest BCUT2D eigenvalue weighted by atomic mass is 32.1. The number of fused-ring (bicyclic) bond motifs is 1. The summed E-state index contributed by atoms with van der Waals surface area (Å²) in [6.07, 6.45) is 1.59. The highest BCUT2D eigenvalue weighted by Crippen LogP contribution is 2.31. The van der Waals surface area contributed by atoms with Crippen molar-refractivity contribution < 1.29 is 4.79 Å². The van der Waals surface area contributed by atoms with Crippen molar-refractivity contribution in [3.8, 4) is 10.6 Å². The van der Waals surface area contributed by atoms with Gasteiger partial charge in [0.05, 0.1) is 10.2 Å². The van der Waals surface area contributed by atoms with Gasteiger partial charge in [-0.1, -0.05) is 29.8 Å². The Morgan fingerprint density at radius 3 is 2.73 bits per heavy atom. The molecule has 3 aromatic rings. The van der Waals surface area contributed by atoms with Gasteiger partial charge in [-0.2, -0.15) is 0 Å². The molecule has 0 fully saturated rings. The Bertz CT molecular complexity index is 827. The highest BCUT2D eigenvalue weighted by molar-refractivity contribution is 7.21. The molecule has 0 atom stereocenters. The van der Waals surface area contributed by atoms with Crippen molar-refractivity contribution in [1.29, 1.82) is 0 Å². The van der Waals surface area contributed by atoms with Crippen LogP contribution in [0.1, 0.15) is 13.8 Å². The lowest BCUT2D eigenvalue weighted by atomic mass is 10.2. The molecule has 0 bridgehead atoms. The van der Waals surface area contributed by atoms with Gasteiger partial charge in [0.1, 0.15) is 5.01 Å². The number of para-hydroxylation sites is 1. The number of thiazole rings is 1. The molecular formula is C18H16N2OS. The quantitative estimate of drug-likeness (QED) is 0.701. The van der Waals surface area contributed by atoms with E-state index in [4.69, 9.17) is 0 Å². The first-order chi connectivity index (χ1) is 10.6. The Kier molecular flexibility index (Phi) is 4.02. The normalized spacial score (nSPS) is 10.5. The van der Waals surface area contributed by atoms with E-state index in [1.165, 1.54) is 0 Å². The number of benzene rings is 2. The van der Waals surface area contributed by atoms with Crippen molar-refractivity contribution in [3.63, 3.8) is 0 Å². The molecule has 3 nitrogen and oxygen atoms in total. The number of hydrogen-bond acceptors (Lipinski definition) is 3. The van der Waals surface area contributed by atoms with Gasteiger partial charge in [-0.05, 0) is 38.1 Å². The van der Waals surface area contributed by atoms with Crippen molar-refractivity contribution in [2.75, 3.05) is 5.32 Å². The van der Waals surface area contributed by atoms with E-state index in [0.29, 0.717) is 0 Å². The number of carbonyl (C=O) groups is 1. The monoisotopic (exact) mass is 308 g/mol. The first-order valence-electron chi connectivity index (χ1n) is 7.04. The summed E-state index contributed by atoms with van der Waals surface area (Å²) in [6.45, 7) is 3.80. The summed E-state index contributed by atoms with van der Waals surface area (Å²) in [7, 11) is 0. The maximum absolute atomic E-state index is 11.8. The molecule has 4 heteroatoms. The highest BCUT2D eigenvalue weighted by Gasteiger charge is 2.07. The number of allylic oxidation sites excluding steroid dienone is 1. The molecule has 1 heterocycles. The van der Waals surface area contributed by atoms with Crippen LogP contribution >= 0.6 is 11.3 Å². The van der Waals surface area contributed by atoms with Gasteiger partial charge in [-0.15, -0.1) is 11.3 Å². The van der Waals surface area contributed by atoms with Crippen molar-refractivity contribution in [2.24, 2.45) is 0 Å². The second-order valence-corrected chi connectivity index (χ2v) is 6.31. The fraction of sp³-hybridized carbons (Fsp3) is 0.111. The maximum atomic E-state index is 11.8. The molecule has 1 aromatic heterocycles. The molecule has 0 aliphatic heterocycles. The summed E-state index contributed by atoms with van der Waals surface area (Å²) in [5.74, 6) is -0.110. The number of hydrogen-bond donors (Lipinski definition) is 1. The number of rotatable bonds is 3. The molecule has 0 saturated heterocycles. The average molecular weight is 308 g/mol. The third kappa shape index (κ3) is 3.23. The van der Waals surface area contributed by atoms with Crippen LogP contribution in [0.4, 0.5) is 5.69 Å². The van der Waals surface area contributed by atoms with Crippen LogP contribution in [0.5, 0.6) is 0 Å². The third-order valence-corrected chi connectivity index (χ3v) is 4.18. The van der Waals surface area contributed by atoms with Gasteiger partial charge in [0.15, 0.2) is 0 Å². The second-order valence-electron chi connectivity index (χ2n) is 5.28. The van der Waals surface area contributed by atoms with Crippen LogP contribution in [-0.2, 0) is 4.79 Å². The molecule has 110 valence electrons. The van der Waals surface area contributed by atoms with Crippen molar-refractivity contribution in [3.05, 3.63) is 60.2 Å². The standard InChI is InChI=1S/C18H16N2OS/c1-12(2)10-17(21)19-14-7-5-6-13(11-14)18-20-15-8-3-4-9-16(15)22-18/h3-11H,1-2H3,(H,19,21). The molecule has 2 aromatic carbocycles. The van der Waals surface area contributed by atoms with Crippen LogP contribution < -0.4 is 5.32 Å². The van der Waals surface area contributed by atoms with E-state index in [2.05, 4.69) is 16.4 Å². The zero-order valence-corrected chi connectivity index (χ0v) is 13.3. The fourth-order valence-electron chi connectivity index (χ4n) is 2.17. The molecule has 1 N–H and O–H groups in total. The van der Waals surface area contributed by atoms with Gasteiger partial charge in [0.2, 0.25) is 5.91 Å². The van der Waals surface area contributed by atoms with E-state index in [-0.39, 0.29) is 5.91 Å². The molecule has 0 spiro atoms. The Morgan fingerprint density at radius 2 is 1.95 bits per heavy atom. The smallest absolute Gasteiger partial charge is 0.248 e. The lowest BCUT2D eigenvalue weighted by Gasteiger charge is -2.04. The number of amides is 1. The van der Waals surface area contributed by atoms with Gasteiger partial charge in [-0.25, -0.2) is 4.98 Å². The third-order valence-electron chi connectivity index (χ3n) is 3.09. The molecule has 1 amide bonds. The molecule has 0 aliphatic carbocycles. The van der Waals surface area contributed by atoms with Crippen LogP contribution in [0.15, 0.2) is 60.2 Å². The van der Waals surface area contributed by atoms with E-state index in [0.717, 1.165) is 32.0 Å². The maximum Gasteiger partial charge on any atom is 0.248 e. The minimum Gasteiger partial charge on any atom is -0.322 e. The summed E-state index contributed by atoms with van der Waals surface area (Å²) in [6, 6.07) is 15.9. The molecule has 0 unspecified atom stereocenters. The molecule has 3 rings (SSSR count). The summed E-state index contributed by atoms with van der Waals surface area (Å²) in [5.41, 5.74) is 3.76. The predicted octanol–water partition coefficient (Wildman–Crippen LogP) is 4.87. The SMILES string of the molecule is CC(C)=CC(=O)Nc1cccc(-c2nc3ccccc3s2)c1. The first kappa shape index (κ1) is 14.5. The van der Waals surface area contributed by atoms with Gasteiger partial charge >= 0.3 is 0 Å². The van der Waals surface area contributed by atoms with Crippen LogP contribution in [0.3, 0.4) is 0 Å². The first-order valence-corrected chi connectivity index (χ1v) is 7.85. The van der Waals surface area contributed by atoms with Crippen LogP contribution in [0, 0.1) is 0 Å². The Hall–Kier alpha value is -2.46. The van der Waals surface area contributed by atoms with Crippen LogP contribution in [0.2, 0.25) is 0 Å². The zero-order valence-electron chi connectivity index (χ0n) is 12.5. The topological polar surface area (TPSA) is 42.0 Å².